The van der Waals surface area contributed by atoms with Gasteiger partial charge in [-0.1, -0.05) is 17.7 Å². The predicted octanol–water partition coefficient (Wildman–Crippen LogP) is 2.75. The molecule has 18 heteroatoms. The minimum atomic E-state index is -4.27. The Morgan fingerprint density at radius 3 is 1.53 bits per heavy atom. The van der Waals surface area contributed by atoms with Gasteiger partial charge in [-0.3, -0.25) is 0 Å². The molecule has 0 spiro atoms. The fraction of sp³-hybridized carbons (Fsp3) is 0.486. The summed E-state index contributed by atoms with van der Waals surface area (Å²) >= 11 is 0. The van der Waals surface area contributed by atoms with E-state index in [0.29, 0.717) is 66.0 Å². The third kappa shape index (κ3) is 14.9. The lowest BCUT2D eigenvalue weighted by Gasteiger charge is -2.31. The van der Waals surface area contributed by atoms with Crippen molar-refractivity contribution in [3.05, 3.63) is 78.4 Å². The van der Waals surface area contributed by atoms with Crippen molar-refractivity contribution in [2.75, 3.05) is 76.5 Å². The van der Waals surface area contributed by atoms with Gasteiger partial charge in [0.1, 0.15) is 29.9 Å². The van der Waals surface area contributed by atoms with Gasteiger partial charge in [-0.25, -0.2) is 37.1 Å². The number of hydrogen-bond acceptors (Lipinski definition) is 14. The lowest BCUT2D eigenvalue weighted by atomic mass is 10.1. The van der Waals surface area contributed by atoms with Crippen molar-refractivity contribution >= 4 is 22.0 Å². The number of nitrogens with zero attached hydrogens (tertiary/aromatic N) is 6. The second-order valence-corrected chi connectivity index (χ2v) is 13.5. The van der Waals surface area contributed by atoms with Gasteiger partial charge in [0, 0.05) is 58.1 Å². The molecule has 2 aliphatic heterocycles. The van der Waals surface area contributed by atoms with Crippen LogP contribution in [0.15, 0.2) is 77.8 Å². The second-order valence-electron chi connectivity index (χ2n) is 12.1. The molecule has 2 fully saturated rings. The van der Waals surface area contributed by atoms with E-state index >= 15 is 0 Å². The first-order valence-corrected chi connectivity index (χ1v) is 18.5. The van der Waals surface area contributed by atoms with Gasteiger partial charge in [0.25, 0.3) is 0 Å². The second kappa shape index (κ2) is 22.7. The summed E-state index contributed by atoms with van der Waals surface area (Å²) in [6.07, 6.45) is 12.0. The van der Waals surface area contributed by atoms with E-state index in [0.717, 1.165) is 57.4 Å². The molecule has 2 aromatic heterocycles. The highest BCUT2D eigenvalue weighted by molar-refractivity contribution is 7.85. The summed E-state index contributed by atoms with van der Waals surface area (Å²) < 4.78 is 77.4. The lowest BCUT2D eigenvalue weighted by molar-refractivity contribution is -0.356. The number of nitrogens with two attached hydrogens (primary N) is 1. The van der Waals surface area contributed by atoms with Gasteiger partial charge in [-0.15, -0.1) is 0 Å². The molecule has 0 bridgehead atoms. The van der Waals surface area contributed by atoms with E-state index in [4.69, 9.17) is 24.7 Å². The first kappa shape index (κ1) is 43.1. The maximum atomic E-state index is 12.4. The Morgan fingerprint density at radius 2 is 1.21 bits per heavy atom. The lowest BCUT2D eigenvalue weighted by Crippen LogP contribution is -2.51. The van der Waals surface area contributed by atoms with Gasteiger partial charge in [0.05, 0.1) is 54.6 Å². The number of halogens is 2. The summed E-state index contributed by atoms with van der Waals surface area (Å²) in [5.41, 5.74) is 10.8. The van der Waals surface area contributed by atoms with E-state index in [-0.39, 0.29) is 24.7 Å². The zero-order chi connectivity index (χ0) is 38.6. The first-order chi connectivity index (χ1) is 25.5. The average Bonchev–Trinajstić information content (AvgIpc) is 3.19. The summed E-state index contributed by atoms with van der Waals surface area (Å²) in [5, 5.41) is 0. The molecular formula is C35H50F2N8O7S. The van der Waals surface area contributed by atoms with Crippen LogP contribution in [-0.2, 0) is 19.6 Å². The fourth-order valence-corrected chi connectivity index (χ4v) is 5.50. The Hall–Kier alpha value is -4.33. The van der Waals surface area contributed by atoms with Crippen molar-refractivity contribution in [3.63, 3.8) is 0 Å². The average molecular weight is 765 g/mol. The highest BCUT2D eigenvalue weighted by Gasteiger charge is 2.21. The number of benzene rings is 1. The van der Waals surface area contributed by atoms with Gasteiger partial charge in [0.2, 0.25) is 11.9 Å². The Bertz CT molecular complexity index is 1570. The van der Waals surface area contributed by atoms with Crippen molar-refractivity contribution in [2.45, 2.75) is 49.7 Å². The number of methoxy groups -OCH3 is 2. The quantitative estimate of drug-likeness (QED) is 0.240. The van der Waals surface area contributed by atoms with Gasteiger partial charge in [-0.05, 0) is 44.7 Å². The summed E-state index contributed by atoms with van der Waals surface area (Å²) in [5.74, 6) is 2.39. The molecule has 0 saturated carbocycles. The maximum Gasteiger partial charge on any atom is 0.225 e. The molecule has 5 N–H and O–H groups in total. The van der Waals surface area contributed by atoms with Crippen molar-refractivity contribution in [3.8, 4) is 11.5 Å². The molecule has 0 unspecified atom stereocenters. The number of aromatic nitrogens is 4. The predicted molar refractivity (Wildman–Crippen MR) is 194 cm³/mol. The molecule has 0 aliphatic carbocycles. The zero-order valence-corrected chi connectivity index (χ0v) is 31.2. The van der Waals surface area contributed by atoms with Crippen LogP contribution < -0.4 is 30.7 Å². The van der Waals surface area contributed by atoms with Crippen LogP contribution in [0, 0.1) is 6.92 Å². The molecule has 0 amide bonds. The Balaban J connectivity index is 0.000000225. The topological polar surface area (TPSA) is 206 Å². The molecule has 0 atom stereocenters. The van der Waals surface area contributed by atoms with E-state index in [1.54, 1.807) is 51.1 Å². The van der Waals surface area contributed by atoms with Crippen molar-refractivity contribution < 1.29 is 46.4 Å². The van der Waals surface area contributed by atoms with E-state index in [9.17, 15) is 21.8 Å². The maximum absolute atomic E-state index is 12.4. The van der Waals surface area contributed by atoms with Gasteiger partial charge >= 0.3 is 0 Å². The van der Waals surface area contributed by atoms with Crippen LogP contribution in [0.25, 0.3) is 0 Å². The molecule has 0 radical (unpaired) electrons. The van der Waals surface area contributed by atoms with E-state index < -0.39 is 10.1 Å². The fourth-order valence-electron chi connectivity index (χ4n) is 5.03. The molecule has 5 rings (SSSR count). The van der Waals surface area contributed by atoms with Crippen LogP contribution in [0.3, 0.4) is 0 Å². The molecule has 2 aliphatic rings. The highest BCUT2D eigenvalue weighted by atomic mass is 32.2. The smallest absolute Gasteiger partial charge is 0.225 e. The standard InChI is InChI=1S/2C14H21FN4O2.C7H8O3S/c2*1-20-12-2-4-19(5-3-12)14-17-8-13(9-18-14)21-10-11(6-15)7-16;1-6-2-4-7(5-3-6)11(8,9)10/h2*6,8-9,12H,2-5,7,10,16H2,1H3;2-5H,1H3,(H,8,9,10)/b2*11-6+;. The third-order valence-electron chi connectivity index (χ3n) is 8.40. The Labute approximate surface area is 309 Å². The number of quaternary nitrogens is 1. The molecular weight excluding hydrogens is 714 g/mol. The monoisotopic (exact) mass is 764 g/mol. The Kier molecular flexibility index (Phi) is 18.4. The first-order valence-electron chi connectivity index (χ1n) is 17.1. The molecule has 292 valence electrons. The summed E-state index contributed by atoms with van der Waals surface area (Å²) in [6.45, 7) is 6.12. The summed E-state index contributed by atoms with van der Waals surface area (Å²) in [4.78, 5) is 21.2. The Morgan fingerprint density at radius 1 is 0.811 bits per heavy atom. The third-order valence-corrected chi connectivity index (χ3v) is 9.24. The van der Waals surface area contributed by atoms with Crippen molar-refractivity contribution in [2.24, 2.45) is 5.73 Å². The number of rotatable bonds is 13. The summed E-state index contributed by atoms with van der Waals surface area (Å²) in [6, 6.07) is 5.78. The van der Waals surface area contributed by atoms with E-state index in [2.05, 4.69) is 35.5 Å². The van der Waals surface area contributed by atoms with Crippen molar-refractivity contribution in [1.82, 2.24) is 19.9 Å². The number of ether oxygens (including phenoxy) is 4. The molecule has 4 heterocycles. The van der Waals surface area contributed by atoms with Crippen LogP contribution in [0.2, 0.25) is 0 Å². The number of aryl methyl sites for hydroxylation is 1. The molecule has 1 aromatic carbocycles. The van der Waals surface area contributed by atoms with Crippen LogP contribution in [-0.4, -0.2) is 112 Å². The highest BCUT2D eigenvalue weighted by Crippen LogP contribution is 2.20. The van der Waals surface area contributed by atoms with E-state index in [1.165, 1.54) is 12.1 Å². The molecule has 15 nitrogen and oxygen atoms in total. The van der Waals surface area contributed by atoms with Gasteiger partial charge < -0.3 is 44.8 Å². The van der Waals surface area contributed by atoms with Crippen molar-refractivity contribution in [1.29, 1.82) is 0 Å². The normalized spacial score (nSPS) is 15.9. The number of piperidine rings is 2. The largest absolute Gasteiger partial charge is 0.744 e. The van der Waals surface area contributed by atoms with Crippen LogP contribution >= 0.6 is 0 Å². The molecule has 3 aromatic rings. The van der Waals surface area contributed by atoms with Crippen LogP contribution in [0.4, 0.5) is 20.7 Å². The number of hydrogen-bond donors (Lipinski definition) is 2. The SMILES string of the molecule is COC1CCN(c2ncc(OC/C(=C/F)CN)cn2)CC1.COC1CCN(c2ncc(OC/C(=C/F)C[NH3+])cn2)CC1.Cc1ccc(S(=O)(=O)[O-])cc1. The van der Waals surface area contributed by atoms with Crippen LogP contribution in [0.5, 0.6) is 11.5 Å². The van der Waals surface area contributed by atoms with Gasteiger partial charge in [0.15, 0.2) is 11.5 Å². The van der Waals surface area contributed by atoms with E-state index in [1.807, 2.05) is 6.92 Å². The molecule has 53 heavy (non-hydrogen) atoms. The molecule has 2 saturated heterocycles. The minimum absolute atomic E-state index is 0.106. The van der Waals surface area contributed by atoms with Crippen LogP contribution in [0.1, 0.15) is 31.2 Å². The number of anilines is 2. The minimum Gasteiger partial charge on any atom is -0.744 e. The zero-order valence-electron chi connectivity index (χ0n) is 30.4. The van der Waals surface area contributed by atoms with Gasteiger partial charge in [-0.2, -0.15) is 0 Å². The summed E-state index contributed by atoms with van der Waals surface area (Å²) in [7, 11) is -0.784.